The van der Waals surface area contributed by atoms with Gasteiger partial charge < -0.3 is 29.3 Å². The summed E-state index contributed by atoms with van der Waals surface area (Å²) in [5, 5.41) is 5.66. The van der Waals surface area contributed by atoms with E-state index in [2.05, 4.69) is 92.5 Å². The van der Waals surface area contributed by atoms with Crippen molar-refractivity contribution in [3.05, 3.63) is 89.0 Å². The number of hydrogen-bond donors (Lipinski definition) is 1. The number of nitrogens with zero attached hydrogens (tertiary/aromatic N) is 3. The Morgan fingerprint density at radius 3 is 1.81 bits per heavy atom. The molecule has 0 spiro atoms. The second-order valence-electron chi connectivity index (χ2n) is 10.6. The van der Waals surface area contributed by atoms with E-state index in [1.165, 1.54) is 16.3 Å². The van der Waals surface area contributed by atoms with Crippen LogP contribution in [0.15, 0.2) is 46.8 Å². The molecule has 4 heterocycles. The fraction of sp³-hybridized carbons (Fsp3) is 0.516. The van der Waals surface area contributed by atoms with Crippen molar-refractivity contribution in [2.24, 2.45) is 23.7 Å². The summed E-state index contributed by atoms with van der Waals surface area (Å²) in [6.07, 6.45) is 9.59. The Bertz CT molecular complexity index is 929. The third-order valence-electron chi connectivity index (χ3n) is 4.58. The summed E-state index contributed by atoms with van der Waals surface area (Å²) < 4.78 is 5.79. The number of thiazole rings is 1. The molecule has 240 valence electrons. The van der Waals surface area contributed by atoms with Crippen molar-refractivity contribution >= 4 is 34.3 Å². The molecule has 0 fully saturated rings. The van der Waals surface area contributed by atoms with Gasteiger partial charge in [0.2, 0.25) is 0 Å². The molecule has 0 bridgehead atoms. The van der Waals surface area contributed by atoms with E-state index in [1.807, 2.05) is 18.3 Å². The molecule has 0 aromatic carbocycles. The number of H-pyrrole nitrogens is 1. The monoisotopic (exact) mass is 1150 g/mol. The van der Waals surface area contributed by atoms with E-state index in [1.54, 1.807) is 35.2 Å². The van der Waals surface area contributed by atoms with Crippen LogP contribution in [0.2, 0.25) is 4.34 Å². The van der Waals surface area contributed by atoms with E-state index in [4.69, 9.17) is 16.1 Å². The Kier molecular flexibility index (Phi) is 38.3. The van der Waals surface area contributed by atoms with Gasteiger partial charge in [0, 0.05) is 92.5 Å². The van der Waals surface area contributed by atoms with Crippen LogP contribution >= 0.6 is 34.3 Å². The average molecular weight is 1150 g/mol. The minimum absolute atomic E-state index is 0. The number of rotatable bonds is 8. The molecule has 0 unspecified atom stereocenters. The number of nitrogens with one attached hydrogen (secondary N) is 1. The van der Waals surface area contributed by atoms with Crippen molar-refractivity contribution in [1.29, 1.82) is 0 Å². The van der Waals surface area contributed by atoms with Gasteiger partial charge in [-0.1, -0.05) is 84.5 Å². The second-order valence-corrected chi connectivity index (χ2v) is 13.0. The number of halogens is 1. The topological polar surface area (TPSA) is 67.6 Å². The van der Waals surface area contributed by atoms with E-state index >= 15 is 0 Å². The largest absolute Gasteiger partial charge is 0.391 e. The van der Waals surface area contributed by atoms with Crippen LogP contribution in [0.25, 0.3) is 0 Å². The summed E-state index contributed by atoms with van der Waals surface area (Å²) in [7, 11) is 0. The standard InChI is InChI=1S/C8H11ClS.C7H12N2.C7H11NO.C7H10NS.2CH3.3W/c1-6(2)5-7-3-4-8(9)10-7;1-6(2)3-7-4-8-5-9-7;1-6(2)5-7-3-4-8-9-7;1-6(2)3-7-4-9-5-8-7;;;;;/h3-4,6H,5H2,1-2H3;4-6H,3H2,1-2H3,(H,8,9);3-4,6H,5H2,1-2H3;4,6H,3H2,1-2H3;2*1H3;;;/q;;;3*-1;;;. The number of hydrogen-bond acceptors (Lipinski definition) is 6. The van der Waals surface area contributed by atoms with Crippen molar-refractivity contribution in [3.8, 4) is 0 Å². The van der Waals surface area contributed by atoms with Crippen LogP contribution in [0.3, 0.4) is 0 Å². The van der Waals surface area contributed by atoms with Gasteiger partial charge in [0.15, 0.2) is 0 Å². The molecule has 5 nitrogen and oxygen atoms in total. The smallest absolute Gasteiger partial charge is 0.136 e. The SMILES string of the molecule is CC(C)Cc1ccc(Cl)s1.CC(C)Cc1ccno1.CC(C)Cc1cnc[nH]1.CC(C)Cc1cs[c-]n1.[CH3-].[CH3-].[W].[W].[W]. The summed E-state index contributed by atoms with van der Waals surface area (Å²) in [5.41, 5.74) is 5.23. The van der Waals surface area contributed by atoms with Gasteiger partial charge >= 0.3 is 0 Å². The van der Waals surface area contributed by atoms with E-state index in [0.29, 0.717) is 17.8 Å². The summed E-state index contributed by atoms with van der Waals surface area (Å²) in [6, 6.07) is 5.97. The molecule has 42 heavy (non-hydrogen) atoms. The van der Waals surface area contributed by atoms with Gasteiger partial charge in [0.1, 0.15) is 5.76 Å². The molecular formula is C31H50ClN4OS2W3-3. The van der Waals surface area contributed by atoms with Crippen LogP contribution in [0.1, 0.15) is 77.4 Å². The fourth-order valence-corrected chi connectivity index (χ4v) is 4.97. The van der Waals surface area contributed by atoms with Crippen molar-refractivity contribution in [2.75, 3.05) is 0 Å². The summed E-state index contributed by atoms with van der Waals surface area (Å²) in [6.45, 7) is 17.5. The van der Waals surface area contributed by atoms with Crippen LogP contribution in [0.5, 0.6) is 0 Å². The van der Waals surface area contributed by atoms with E-state index in [-0.39, 0.29) is 78.0 Å². The Morgan fingerprint density at radius 2 is 1.43 bits per heavy atom. The van der Waals surface area contributed by atoms with Gasteiger partial charge in [0.05, 0.1) is 16.9 Å². The van der Waals surface area contributed by atoms with Gasteiger partial charge in [-0.05, 0) is 48.2 Å². The first-order valence-electron chi connectivity index (χ1n) is 13.0. The molecule has 0 saturated carbocycles. The Labute approximate surface area is 313 Å². The maximum absolute atomic E-state index is 5.76. The van der Waals surface area contributed by atoms with Gasteiger partial charge in [-0.3, -0.25) is 11.3 Å². The molecular weight excluding hydrogens is 1100 g/mol. The zero-order valence-electron chi connectivity index (χ0n) is 26.8. The third kappa shape index (κ3) is 28.9. The molecule has 0 radical (unpaired) electrons. The second kappa shape index (κ2) is 31.1. The maximum Gasteiger partial charge on any atom is 0.136 e. The molecule has 1 N–H and O–H groups in total. The fourth-order valence-electron chi connectivity index (χ4n) is 3.17. The number of aromatic nitrogens is 4. The Balaban J connectivity index is -0.000000139. The first-order chi connectivity index (χ1) is 17.5. The average Bonchev–Trinajstić information content (AvgIpc) is 3.58. The minimum atomic E-state index is 0. The van der Waals surface area contributed by atoms with Crippen molar-refractivity contribution in [2.45, 2.75) is 81.1 Å². The molecule has 4 aromatic heterocycles. The molecule has 0 atom stereocenters. The normalized spacial score (nSPS) is 9.36. The van der Waals surface area contributed by atoms with Gasteiger partial charge in [-0.2, -0.15) is 0 Å². The molecule has 0 aliphatic carbocycles. The molecule has 4 rings (SSSR count). The summed E-state index contributed by atoms with van der Waals surface area (Å²) in [4.78, 5) is 12.4. The Hall–Kier alpha value is 0.105. The zero-order chi connectivity index (χ0) is 27.6. The van der Waals surface area contributed by atoms with Crippen molar-refractivity contribution in [1.82, 2.24) is 20.1 Å². The van der Waals surface area contributed by atoms with Crippen LogP contribution in [-0.2, 0) is 88.9 Å². The summed E-state index contributed by atoms with van der Waals surface area (Å²) in [5.74, 6) is 3.78. The van der Waals surface area contributed by atoms with Gasteiger partial charge in [-0.15, -0.1) is 22.4 Å². The van der Waals surface area contributed by atoms with E-state index < -0.39 is 0 Å². The van der Waals surface area contributed by atoms with Crippen molar-refractivity contribution < 1.29 is 67.7 Å². The van der Waals surface area contributed by atoms with Crippen LogP contribution < -0.4 is 0 Å². The molecule has 0 amide bonds. The predicted molar refractivity (Wildman–Crippen MR) is 172 cm³/mol. The maximum atomic E-state index is 5.76. The first kappa shape index (κ1) is 51.7. The Morgan fingerprint density at radius 1 is 0.833 bits per heavy atom. The molecule has 0 aliphatic rings. The number of imidazole rings is 1. The van der Waals surface area contributed by atoms with E-state index in [9.17, 15) is 0 Å². The number of aromatic amines is 1. The van der Waals surface area contributed by atoms with Gasteiger partial charge in [0.25, 0.3) is 0 Å². The van der Waals surface area contributed by atoms with Gasteiger partial charge in [-0.25, -0.2) is 4.98 Å². The summed E-state index contributed by atoms with van der Waals surface area (Å²) >= 11 is 8.99. The van der Waals surface area contributed by atoms with Crippen LogP contribution in [0.4, 0.5) is 0 Å². The molecule has 0 aliphatic heterocycles. The van der Waals surface area contributed by atoms with Crippen LogP contribution in [-0.4, -0.2) is 20.1 Å². The molecule has 0 saturated heterocycles. The zero-order valence-corrected chi connectivity index (χ0v) is 38.0. The number of thiophene rings is 1. The van der Waals surface area contributed by atoms with Crippen molar-refractivity contribution in [3.63, 3.8) is 0 Å². The van der Waals surface area contributed by atoms with E-state index in [0.717, 1.165) is 41.7 Å². The molecule has 11 heteroatoms. The predicted octanol–water partition coefficient (Wildman–Crippen LogP) is 10.1. The quantitative estimate of drug-likeness (QED) is 0.179. The molecule has 4 aromatic rings. The third-order valence-corrected chi connectivity index (χ3v) is 6.42. The first-order valence-corrected chi connectivity index (χ1v) is 15.0. The van der Waals surface area contributed by atoms with Crippen LogP contribution in [0, 0.1) is 44.0 Å². The minimum Gasteiger partial charge on any atom is -0.391 e.